The number of aromatic nitrogens is 2. The number of phenols is 1. The molecule has 0 saturated heterocycles. The lowest BCUT2D eigenvalue weighted by atomic mass is 10.2. The summed E-state index contributed by atoms with van der Waals surface area (Å²) in [5, 5.41) is 14.7. The quantitative estimate of drug-likeness (QED) is 0.368. The normalized spacial score (nSPS) is 11.9. The Kier molecular flexibility index (Phi) is 5.29. The van der Waals surface area contributed by atoms with Crippen LogP contribution in [0.2, 0.25) is 0 Å². The number of thiophene rings is 2. The zero-order valence-electron chi connectivity index (χ0n) is 14.3. The van der Waals surface area contributed by atoms with Gasteiger partial charge in [0.15, 0.2) is 17.3 Å². The summed E-state index contributed by atoms with van der Waals surface area (Å²) in [7, 11) is 1.46. The first-order valence-corrected chi connectivity index (χ1v) is 10.9. The van der Waals surface area contributed by atoms with Gasteiger partial charge in [-0.25, -0.2) is 4.98 Å². The molecule has 1 aromatic carbocycles. The Labute approximate surface area is 181 Å². The highest BCUT2D eigenvalue weighted by molar-refractivity contribution is 9.10. The molecule has 142 valence electrons. The van der Waals surface area contributed by atoms with Crippen LogP contribution in [-0.2, 0) is 0 Å². The summed E-state index contributed by atoms with van der Waals surface area (Å²) < 4.78 is 5.62. The summed E-state index contributed by atoms with van der Waals surface area (Å²) in [6, 6.07) is 7.25. The molecule has 4 rings (SSSR count). The summed E-state index contributed by atoms with van der Waals surface area (Å²) in [5.41, 5.74) is 1.32. The van der Waals surface area contributed by atoms with Gasteiger partial charge in [-0.05, 0) is 51.1 Å². The van der Waals surface area contributed by atoms with Crippen LogP contribution in [0.1, 0.15) is 11.4 Å². The standard InChI is InChI=1S/C19H12BrClN2O3S2/c1-26-13-7-9(5-11(20)16(13)24)6-12(21)17-22-18(25)15-10(8-28-19(15)23-17)14-3-2-4-27-14/h2-8,24H,1H3,(H,22,23,25)/b12-6-. The maximum Gasteiger partial charge on any atom is 0.260 e. The summed E-state index contributed by atoms with van der Waals surface area (Å²) >= 11 is 12.7. The van der Waals surface area contributed by atoms with Crippen molar-refractivity contribution in [2.75, 3.05) is 7.11 Å². The van der Waals surface area contributed by atoms with E-state index in [0.29, 0.717) is 26.0 Å². The number of nitrogens with one attached hydrogen (secondary N) is 1. The number of H-pyrrole nitrogens is 1. The molecule has 3 heterocycles. The molecule has 3 aromatic heterocycles. The van der Waals surface area contributed by atoms with E-state index < -0.39 is 0 Å². The third-order valence-electron chi connectivity index (χ3n) is 4.02. The first-order valence-electron chi connectivity index (χ1n) is 7.97. The van der Waals surface area contributed by atoms with Crippen molar-refractivity contribution >= 4 is 71.5 Å². The van der Waals surface area contributed by atoms with Crippen LogP contribution >= 0.6 is 50.2 Å². The zero-order chi connectivity index (χ0) is 19.8. The third-order valence-corrected chi connectivity index (χ3v) is 6.69. The number of phenolic OH excluding ortho intramolecular Hbond substituents is 1. The number of methoxy groups -OCH3 is 1. The second-order valence-corrected chi connectivity index (χ2v) is 8.83. The zero-order valence-corrected chi connectivity index (χ0v) is 18.3. The molecule has 0 saturated carbocycles. The molecule has 0 bridgehead atoms. The molecule has 2 N–H and O–H groups in total. The molecule has 0 aliphatic heterocycles. The number of hydrogen-bond donors (Lipinski definition) is 2. The van der Waals surface area contributed by atoms with Crippen LogP contribution in [0.15, 0.2) is 44.3 Å². The van der Waals surface area contributed by atoms with Gasteiger partial charge in [0.1, 0.15) is 4.83 Å². The van der Waals surface area contributed by atoms with Crippen molar-refractivity contribution in [1.82, 2.24) is 9.97 Å². The van der Waals surface area contributed by atoms with Gasteiger partial charge in [-0.15, -0.1) is 22.7 Å². The van der Waals surface area contributed by atoms with E-state index >= 15 is 0 Å². The number of aromatic hydroxyl groups is 1. The van der Waals surface area contributed by atoms with E-state index in [1.54, 1.807) is 29.5 Å². The van der Waals surface area contributed by atoms with Gasteiger partial charge >= 0.3 is 0 Å². The second-order valence-electron chi connectivity index (χ2n) is 5.77. The lowest BCUT2D eigenvalue weighted by Crippen LogP contribution is -2.10. The number of hydrogen-bond acceptors (Lipinski definition) is 6. The molecule has 0 radical (unpaired) electrons. The monoisotopic (exact) mass is 494 g/mol. The van der Waals surface area contributed by atoms with Crippen molar-refractivity contribution in [2.24, 2.45) is 0 Å². The smallest absolute Gasteiger partial charge is 0.260 e. The van der Waals surface area contributed by atoms with E-state index in [-0.39, 0.29) is 22.2 Å². The maximum absolute atomic E-state index is 12.7. The molecular weight excluding hydrogens is 484 g/mol. The van der Waals surface area contributed by atoms with E-state index in [2.05, 4.69) is 25.9 Å². The Morgan fingerprint density at radius 2 is 2.21 bits per heavy atom. The Bertz CT molecular complexity index is 1260. The van der Waals surface area contributed by atoms with Gasteiger partial charge in [0.25, 0.3) is 5.56 Å². The molecule has 9 heteroatoms. The van der Waals surface area contributed by atoms with Crippen molar-refractivity contribution in [3.05, 3.63) is 61.2 Å². The van der Waals surface area contributed by atoms with Crippen LogP contribution in [0, 0.1) is 0 Å². The molecule has 0 amide bonds. The van der Waals surface area contributed by atoms with Gasteiger partial charge in [-0.1, -0.05) is 17.7 Å². The average molecular weight is 496 g/mol. The van der Waals surface area contributed by atoms with Gasteiger partial charge in [-0.2, -0.15) is 0 Å². The first-order chi connectivity index (χ1) is 13.5. The van der Waals surface area contributed by atoms with Gasteiger partial charge < -0.3 is 14.8 Å². The Hall–Kier alpha value is -2.13. The highest BCUT2D eigenvalue weighted by Gasteiger charge is 2.15. The van der Waals surface area contributed by atoms with Crippen molar-refractivity contribution in [1.29, 1.82) is 0 Å². The SMILES string of the molecule is COc1cc(/C=C(\Cl)c2nc3scc(-c4cccs4)c3c(=O)[nH]2)cc(Br)c1O. The number of nitrogens with zero attached hydrogens (tertiary/aromatic N) is 1. The molecule has 4 aromatic rings. The number of halogens is 2. The fourth-order valence-corrected chi connectivity index (χ4v) is 5.16. The van der Waals surface area contributed by atoms with Gasteiger partial charge in [0.2, 0.25) is 0 Å². The first kappa shape index (κ1) is 19.2. The summed E-state index contributed by atoms with van der Waals surface area (Å²) in [6.07, 6.45) is 1.65. The van der Waals surface area contributed by atoms with E-state index in [0.717, 1.165) is 10.4 Å². The number of ether oxygens (including phenoxy) is 1. The predicted molar refractivity (Wildman–Crippen MR) is 120 cm³/mol. The number of rotatable bonds is 4. The third kappa shape index (κ3) is 3.48. The largest absolute Gasteiger partial charge is 0.503 e. The molecule has 0 fully saturated rings. The molecule has 5 nitrogen and oxygen atoms in total. The van der Waals surface area contributed by atoms with Crippen molar-refractivity contribution in [3.63, 3.8) is 0 Å². The van der Waals surface area contributed by atoms with Crippen molar-refractivity contribution < 1.29 is 9.84 Å². The molecule has 0 atom stereocenters. The summed E-state index contributed by atoms with van der Waals surface area (Å²) in [5.74, 6) is 0.589. The van der Waals surface area contributed by atoms with E-state index in [4.69, 9.17) is 16.3 Å². The van der Waals surface area contributed by atoms with Crippen molar-refractivity contribution in [3.8, 4) is 21.9 Å². The maximum atomic E-state index is 12.7. The van der Waals surface area contributed by atoms with Gasteiger partial charge in [0, 0.05) is 15.8 Å². The average Bonchev–Trinajstić information content (AvgIpc) is 3.33. The lowest BCUT2D eigenvalue weighted by molar-refractivity contribution is 0.372. The molecule has 28 heavy (non-hydrogen) atoms. The number of benzene rings is 1. The molecule has 0 spiro atoms. The van der Waals surface area contributed by atoms with E-state index in [9.17, 15) is 9.90 Å². The highest BCUT2D eigenvalue weighted by atomic mass is 79.9. The fourth-order valence-electron chi connectivity index (χ4n) is 2.72. The molecule has 0 aliphatic carbocycles. The summed E-state index contributed by atoms with van der Waals surface area (Å²) in [6.45, 7) is 0. The minimum Gasteiger partial charge on any atom is -0.503 e. The lowest BCUT2D eigenvalue weighted by Gasteiger charge is -2.07. The highest BCUT2D eigenvalue weighted by Crippen LogP contribution is 2.37. The van der Waals surface area contributed by atoms with Crippen LogP contribution in [0.25, 0.3) is 31.8 Å². The minimum atomic E-state index is -0.235. The van der Waals surface area contributed by atoms with Crippen LogP contribution in [0.3, 0.4) is 0 Å². The van der Waals surface area contributed by atoms with Crippen LogP contribution < -0.4 is 10.3 Å². The van der Waals surface area contributed by atoms with E-state index in [1.165, 1.54) is 18.4 Å². The van der Waals surface area contributed by atoms with E-state index in [1.807, 2.05) is 22.9 Å². The Morgan fingerprint density at radius 1 is 1.39 bits per heavy atom. The second kappa shape index (κ2) is 7.71. The van der Waals surface area contributed by atoms with Crippen molar-refractivity contribution in [2.45, 2.75) is 0 Å². The van der Waals surface area contributed by atoms with Gasteiger partial charge in [-0.3, -0.25) is 4.79 Å². The fraction of sp³-hybridized carbons (Fsp3) is 0.0526. The number of aromatic amines is 1. The predicted octanol–water partition coefficient (Wildman–Crippen LogP) is 5.93. The number of fused-ring (bicyclic) bond motifs is 1. The van der Waals surface area contributed by atoms with Crippen LogP contribution in [-0.4, -0.2) is 22.2 Å². The Morgan fingerprint density at radius 3 is 2.93 bits per heavy atom. The van der Waals surface area contributed by atoms with Crippen LogP contribution in [0.5, 0.6) is 11.5 Å². The minimum absolute atomic E-state index is 0.00316. The molecular formula is C19H12BrClN2O3S2. The molecule has 0 unspecified atom stereocenters. The summed E-state index contributed by atoms with van der Waals surface area (Å²) in [4.78, 5) is 21.6. The Balaban J connectivity index is 1.78. The molecule has 0 aliphatic rings. The van der Waals surface area contributed by atoms with Gasteiger partial charge in [0.05, 0.1) is 22.0 Å². The topological polar surface area (TPSA) is 75.2 Å². The van der Waals surface area contributed by atoms with Crippen LogP contribution in [0.4, 0.5) is 0 Å².